The second kappa shape index (κ2) is 7.98. The van der Waals surface area contributed by atoms with Crippen molar-refractivity contribution in [3.8, 4) is 5.75 Å². The lowest BCUT2D eigenvalue weighted by atomic mass is 9.68. The van der Waals surface area contributed by atoms with Crippen LogP contribution < -0.4 is 4.74 Å². The van der Waals surface area contributed by atoms with Crippen LogP contribution in [0, 0.1) is 12.8 Å². The highest BCUT2D eigenvalue weighted by Gasteiger charge is 2.35. The van der Waals surface area contributed by atoms with Gasteiger partial charge in [0.05, 0.1) is 24.9 Å². The number of aryl methyl sites for hydroxylation is 1. The Labute approximate surface area is 179 Å². The minimum atomic E-state index is -0.131. The minimum absolute atomic E-state index is 0.131. The molecular weight excluding hydrogens is 368 g/mol. The van der Waals surface area contributed by atoms with E-state index >= 15 is 0 Å². The van der Waals surface area contributed by atoms with Gasteiger partial charge in [-0.05, 0) is 42.2 Å². The van der Waals surface area contributed by atoms with Crippen molar-refractivity contribution in [2.45, 2.75) is 39.7 Å². The molecule has 3 nitrogen and oxygen atoms in total. The van der Waals surface area contributed by atoms with Gasteiger partial charge in [0.1, 0.15) is 5.75 Å². The Bertz CT molecular complexity index is 1140. The van der Waals surface area contributed by atoms with E-state index in [9.17, 15) is 0 Å². The van der Waals surface area contributed by atoms with Gasteiger partial charge in [0.25, 0.3) is 0 Å². The highest BCUT2D eigenvalue weighted by molar-refractivity contribution is 5.90. The molecule has 0 N–H and O–H groups in total. The van der Waals surface area contributed by atoms with Crippen LogP contribution in [0.4, 0.5) is 0 Å². The van der Waals surface area contributed by atoms with Crippen molar-refractivity contribution in [3.05, 3.63) is 95.4 Å². The summed E-state index contributed by atoms with van der Waals surface area (Å²) in [6.45, 7) is 9.82. The Morgan fingerprint density at radius 1 is 1.00 bits per heavy atom. The molecule has 30 heavy (non-hydrogen) atoms. The van der Waals surface area contributed by atoms with Gasteiger partial charge in [-0.3, -0.25) is 4.98 Å². The van der Waals surface area contributed by atoms with Crippen LogP contribution in [-0.2, 0) is 12.0 Å². The van der Waals surface area contributed by atoms with E-state index in [4.69, 9.17) is 4.74 Å². The van der Waals surface area contributed by atoms with Gasteiger partial charge in [0.15, 0.2) is 0 Å². The monoisotopic (exact) mass is 398 g/mol. The van der Waals surface area contributed by atoms with Gasteiger partial charge in [-0.2, -0.15) is 0 Å². The minimum Gasteiger partial charge on any atom is -0.495 e. The summed E-state index contributed by atoms with van der Waals surface area (Å²) in [6.07, 6.45) is 4.16. The van der Waals surface area contributed by atoms with Gasteiger partial charge in [-0.1, -0.05) is 68.8 Å². The van der Waals surface area contributed by atoms with Crippen LogP contribution in [0.25, 0.3) is 10.9 Å². The Balaban J connectivity index is 1.97. The van der Waals surface area contributed by atoms with Crippen molar-refractivity contribution >= 4 is 10.9 Å². The summed E-state index contributed by atoms with van der Waals surface area (Å²) in [6, 6.07) is 21.4. The second-order valence-electron chi connectivity index (χ2n) is 8.57. The van der Waals surface area contributed by atoms with Crippen molar-refractivity contribution in [2.75, 3.05) is 7.11 Å². The first-order chi connectivity index (χ1) is 14.4. The molecular formula is C27H30N2O. The molecule has 1 atom stereocenters. The molecule has 154 valence electrons. The number of nitrogens with zero attached hydrogens (tertiary/aromatic N) is 2. The van der Waals surface area contributed by atoms with Crippen LogP contribution in [0.5, 0.6) is 5.75 Å². The zero-order chi connectivity index (χ0) is 21.3. The lowest BCUT2D eigenvalue weighted by Crippen LogP contribution is -2.30. The van der Waals surface area contributed by atoms with Crippen molar-refractivity contribution in [3.63, 3.8) is 0 Å². The van der Waals surface area contributed by atoms with Gasteiger partial charge in [0.2, 0.25) is 0 Å². The summed E-state index contributed by atoms with van der Waals surface area (Å²) >= 11 is 0. The number of rotatable bonds is 6. The van der Waals surface area contributed by atoms with E-state index in [-0.39, 0.29) is 5.41 Å². The molecule has 3 heteroatoms. The number of methoxy groups -OCH3 is 1. The first kappa shape index (κ1) is 20.2. The molecule has 4 aromatic rings. The summed E-state index contributed by atoms with van der Waals surface area (Å²) < 4.78 is 8.06. The molecule has 0 radical (unpaired) electrons. The summed E-state index contributed by atoms with van der Waals surface area (Å²) in [5, 5.41) is 1.24. The van der Waals surface area contributed by atoms with E-state index in [2.05, 4.69) is 85.9 Å². The number of hydrogen-bond acceptors (Lipinski definition) is 2. The molecule has 0 amide bonds. The number of hydrogen-bond donors (Lipinski definition) is 0. The molecule has 0 saturated carbocycles. The Kier molecular flexibility index (Phi) is 5.38. The van der Waals surface area contributed by atoms with Crippen molar-refractivity contribution < 1.29 is 4.74 Å². The molecule has 0 aliphatic carbocycles. The van der Waals surface area contributed by atoms with Gasteiger partial charge in [-0.15, -0.1) is 0 Å². The molecule has 2 heterocycles. The van der Waals surface area contributed by atoms with Gasteiger partial charge < -0.3 is 9.30 Å². The predicted octanol–water partition coefficient (Wildman–Crippen LogP) is 6.36. The van der Waals surface area contributed by atoms with E-state index in [1.54, 1.807) is 7.11 Å². The van der Waals surface area contributed by atoms with Crippen LogP contribution in [0.2, 0.25) is 0 Å². The maximum absolute atomic E-state index is 5.77. The Morgan fingerprint density at radius 3 is 2.40 bits per heavy atom. The fourth-order valence-electron chi connectivity index (χ4n) is 4.39. The molecule has 0 saturated heterocycles. The molecule has 0 bridgehead atoms. The van der Waals surface area contributed by atoms with Gasteiger partial charge in [-0.25, -0.2) is 0 Å². The van der Waals surface area contributed by atoms with Crippen molar-refractivity contribution in [2.24, 2.45) is 5.92 Å². The average molecular weight is 399 g/mol. The molecule has 4 rings (SSSR count). The first-order valence-corrected chi connectivity index (χ1v) is 10.6. The Morgan fingerprint density at radius 2 is 1.77 bits per heavy atom. The predicted molar refractivity (Wildman–Crippen MR) is 124 cm³/mol. The van der Waals surface area contributed by atoms with Crippen LogP contribution >= 0.6 is 0 Å². The zero-order valence-electron chi connectivity index (χ0n) is 18.5. The third-order valence-corrected chi connectivity index (χ3v) is 6.51. The standard InChI is InChI=1S/C27H30N2O/c1-19(2)27(4,21-14-12-20(3)13-15-21)24-18-29(17-22-9-6-7-16-28-22)26-23(24)10-8-11-25(26)30-5/h6-16,18-19H,17H2,1-5H3. The van der Waals surface area contributed by atoms with Gasteiger partial charge in [0, 0.05) is 23.2 Å². The molecule has 2 aromatic heterocycles. The van der Waals surface area contributed by atoms with E-state index in [1.165, 1.54) is 22.1 Å². The molecule has 0 fully saturated rings. The van der Waals surface area contributed by atoms with E-state index in [1.807, 2.05) is 24.4 Å². The number of benzene rings is 2. The fourth-order valence-corrected chi connectivity index (χ4v) is 4.39. The number of ether oxygens (including phenoxy) is 1. The molecule has 1 unspecified atom stereocenters. The highest BCUT2D eigenvalue weighted by Crippen LogP contribution is 2.44. The van der Waals surface area contributed by atoms with Gasteiger partial charge >= 0.3 is 0 Å². The topological polar surface area (TPSA) is 27.1 Å². The number of fused-ring (bicyclic) bond motifs is 1. The number of aromatic nitrogens is 2. The molecule has 0 aliphatic heterocycles. The smallest absolute Gasteiger partial charge is 0.143 e. The third kappa shape index (κ3) is 3.39. The largest absolute Gasteiger partial charge is 0.495 e. The van der Waals surface area contributed by atoms with Crippen molar-refractivity contribution in [1.29, 1.82) is 0 Å². The zero-order valence-corrected chi connectivity index (χ0v) is 18.5. The normalized spacial score (nSPS) is 13.5. The molecule has 2 aromatic carbocycles. The Hall–Kier alpha value is -3.07. The SMILES string of the molecule is COc1cccc2c(C(C)(c3ccc(C)cc3)C(C)C)cn(Cc3ccccn3)c12. The summed E-state index contributed by atoms with van der Waals surface area (Å²) in [4.78, 5) is 4.55. The van der Waals surface area contributed by atoms with Crippen LogP contribution in [0.3, 0.4) is 0 Å². The number of pyridine rings is 1. The van der Waals surface area contributed by atoms with E-state index < -0.39 is 0 Å². The number of para-hydroxylation sites is 1. The van der Waals surface area contributed by atoms with Crippen LogP contribution in [-0.4, -0.2) is 16.7 Å². The maximum Gasteiger partial charge on any atom is 0.143 e. The average Bonchev–Trinajstić information content (AvgIpc) is 3.13. The molecule has 0 spiro atoms. The summed E-state index contributed by atoms with van der Waals surface area (Å²) in [5.41, 5.74) is 5.97. The molecule has 0 aliphatic rings. The van der Waals surface area contributed by atoms with E-state index in [0.29, 0.717) is 12.5 Å². The lowest BCUT2D eigenvalue weighted by molar-refractivity contribution is 0.407. The van der Waals surface area contributed by atoms with Crippen molar-refractivity contribution in [1.82, 2.24) is 9.55 Å². The van der Waals surface area contributed by atoms with Crippen LogP contribution in [0.1, 0.15) is 43.2 Å². The fraction of sp³-hybridized carbons (Fsp3) is 0.296. The summed E-state index contributed by atoms with van der Waals surface area (Å²) in [7, 11) is 1.74. The van der Waals surface area contributed by atoms with Crippen LogP contribution in [0.15, 0.2) is 73.1 Å². The third-order valence-electron chi connectivity index (χ3n) is 6.51. The lowest BCUT2D eigenvalue weighted by Gasteiger charge is -2.35. The highest BCUT2D eigenvalue weighted by atomic mass is 16.5. The summed E-state index contributed by atoms with van der Waals surface area (Å²) in [5.74, 6) is 1.31. The quantitative estimate of drug-likeness (QED) is 0.378. The maximum atomic E-state index is 5.77. The van der Waals surface area contributed by atoms with E-state index in [0.717, 1.165) is 17.0 Å². The first-order valence-electron chi connectivity index (χ1n) is 10.6. The second-order valence-corrected chi connectivity index (χ2v) is 8.57.